The number of ether oxygens (including phenoxy) is 2. The number of amides is 1. The SMILES string of the molecule is Cc1nc(-c2cccc(Oc3nc(Nc4ccc(OCCCN5CCN(C)CC5)c(F)c4)ncc3C(=O)Nc3c(C)cccc3C)c2)cs1. The molecular weight excluding hydrogens is 642 g/mol. The van der Waals surface area contributed by atoms with Crippen LogP contribution in [-0.4, -0.2) is 77.0 Å². The molecule has 3 heterocycles. The number of aryl methyl sites for hydroxylation is 3. The van der Waals surface area contributed by atoms with E-state index in [1.54, 1.807) is 29.5 Å². The summed E-state index contributed by atoms with van der Waals surface area (Å²) in [5.41, 5.74) is 4.80. The van der Waals surface area contributed by atoms with Crippen molar-refractivity contribution < 1.29 is 18.7 Å². The van der Waals surface area contributed by atoms with Crippen LogP contribution in [0, 0.1) is 26.6 Å². The fourth-order valence-corrected chi connectivity index (χ4v) is 6.17. The van der Waals surface area contributed by atoms with Gasteiger partial charge in [0.1, 0.15) is 11.3 Å². The number of nitrogens with zero attached hydrogens (tertiary/aromatic N) is 5. The zero-order chi connectivity index (χ0) is 34.3. The molecule has 0 atom stereocenters. The minimum atomic E-state index is -0.500. The highest BCUT2D eigenvalue weighted by Crippen LogP contribution is 2.31. The average molecular weight is 682 g/mol. The normalized spacial score (nSPS) is 13.7. The molecule has 0 aliphatic carbocycles. The van der Waals surface area contributed by atoms with Gasteiger partial charge in [0, 0.05) is 67.3 Å². The van der Waals surface area contributed by atoms with Crippen molar-refractivity contribution in [3.8, 4) is 28.6 Å². The summed E-state index contributed by atoms with van der Waals surface area (Å²) in [5, 5.41) is 8.96. The largest absolute Gasteiger partial charge is 0.490 e. The molecule has 1 aliphatic rings. The van der Waals surface area contributed by atoms with Gasteiger partial charge in [-0.2, -0.15) is 4.98 Å². The number of anilines is 3. The van der Waals surface area contributed by atoms with Crippen molar-refractivity contribution in [3.63, 3.8) is 0 Å². The Morgan fingerprint density at radius 1 is 0.980 bits per heavy atom. The van der Waals surface area contributed by atoms with E-state index in [4.69, 9.17) is 9.47 Å². The minimum absolute atomic E-state index is 0.0358. The number of carbonyl (C=O) groups excluding carboxylic acids is 1. The first-order valence-corrected chi connectivity index (χ1v) is 17.1. The molecule has 0 spiro atoms. The van der Waals surface area contributed by atoms with Gasteiger partial charge in [-0.05, 0) is 69.6 Å². The van der Waals surface area contributed by atoms with E-state index in [0.29, 0.717) is 23.7 Å². The quantitative estimate of drug-likeness (QED) is 0.130. The molecule has 1 amide bonds. The van der Waals surface area contributed by atoms with Crippen LogP contribution in [0.25, 0.3) is 11.3 Å². The van der Waals surface area contributed by atoms with Crippen LogP contribution < -0.4 is 20.1 Å². The van der Waals surface area contributed by atoms with Crippen molar-refractivity contribution in [1.82, 2.24) is 24.8 Å². The number of rotatable bonds is 12. The molecule has 0 saturated carbocycles. The van der Waals surface area contributed by atoms with Crippen LogP contribution in [0.5, 0.6) is 17.4 Å². The molecule has 0 radical (unpaired) electrons. The van der Waals surface area contributed by atoms with Gasteiger partial charge in [-0.1, -0.05) is 30.3 Å². The van der Waals surface area contributed by atoms with Crippen molar-refractivity contribution >= 4 is 34.6 Å². The highest BCUT2D eigenvalue weighted by atomic mass is 32.1. The topological polar surface area (TPSA) is 105 Å². The lowest BCUT2D eigenvalue weighted by atomic mass is 10.1. The van der Waals surface area contributed by atoms with E-state index in [0.717, 1.165) is 66.5 Å². The molecule has 10 nitrogen and oxygen atoms in total. The van der Waals surface area contributed by atoms with Gasteiger partial charge in [-0.25, -0.2) is 14.4 Å². The summed E-state index contributed by atoms with van der Waals surface area (Å²) in [4.78, 5) is 31.9. The van der Waals surface area contributed by atoms with Crippen LogP contribution in [0.2, 0.25) is 0 Å². The number of halogens is 1. The molecule has 0 bridgehead atoms. The minimum Gasteiger partial charge on any atom is -0.490 e. The van der Waals surface area contributed by atoms with Crippen molar-refractivity contribution in [3.05, 3.63) is 99.8 Å². The van der Waals surface area contributed by atoms with Crippen LogP contribution in [0.4, 0.5) is 21.7 Å². The van der Waals surface area contributed by atoms with Crippen LogP contribution >= 0.6 is 11.3 Å². The Morgan fingerprint density at radius 3 is 2.49 bits per heavy atom. The summed E-state index contributed by atoms with van der Waals surface area (Å²) < 4.78 is 27.1. The molecule has 6 rings (SSSR count). The lowest BCUT2D eigenvalue weighted by Crippen LogP contribution is -2.44. The molecule has 1 saturated heterocycles. The number of nitrogens with one attached hydrogen (secondary N) is 2. The summed E-state index contributed by atoms with van der Waals surface area (Å²) in [6.45, 7) is 11.4. The molecule has 2 aromatic heterocycles. The predicted molar refractivity (Wildman–Crippen MR) is 192 cm³/mol. The Morgan fingerprint density at radius 2 is 1.76 bits per heavy atom. The van der Waals surface area contributed by atoms with Crippen molar-refractivity contribution in [2.45, 2.75) is 27.2 Å². The zero-order valence-corrected chi connectivity index (χ0v) is 28.9. The summed E-state index contributed by atoms with van der Waals surface area (Å²) in [5.74, 6) is -0.111. The number of benzene rings is 3. The average Bonchev–Trinajstić information content (AvgIpc) is 3.53. The molecule has 2 N–H and O–H groups in total. The maximum atomic E-state index is 15.1. The highest BCUT2D eigenvalue weighted by Gasteiger charge is 2.20. The third-order valence-electron chi connectivity index (χ3n) is 8.34. The van der Waals surface area contributed by atoms with E-state index >= 15 is 4.39 Å². The van der Waals surface area contributed by atoms with Gasteiger partial charge in [0.25, 0.3) is 5.91 Å². The summed E-state index contributed by atoms with van der Waals surface area (Å²) in [6, 6.07) is 17.8. The predicted octanol–water partition coefficient (Wildman–Crippen LogP) is 7.47. The van der Waals surface area contributed by atoms with Crippen LogP contribution in [0.15, 0.2) is 72.2 Å². The Labute approximate surface area is 290 Å². The smallest absolute Gasteiger partial charge is 0.262 e. The molecule has 49 heavy (non-hydrogen) atoms. The first-order valence-electron chi connectivity index (χ1n) is 16.3. The molecule has 12 heteroatoms. The van der Waals surface area contributed by atoms with Gasteiger partial charge in [-0.15, -0.1) is 11.3 Å². The van der Waals surface area contributed by atoms with Gasteiger partial charge in [0.2, 0.25) is 11.8 Å². The van der Waals surface area contributed by atoms with Crippen molar-refractivity contribution in [1.29, 1.82) is 0 Å². The summed E-state index contributed by atoms with van der Waals surface area (Å²) >= 11 is 1.56. The molecular formula is C37H40FN7O3S. The summed E-state index contributed by atoms with van der Waals surface area (Å²) in [6.07, 6.45) is 2.21. The number of carbonyl (C=O) groups is 1. The van der Waals surface area contributed by atoms with E-state index in [1.807, 2.05) is 62.5 Å². The molecule has 254 valence electrons. The van der Waals surface area contributed by atoms with E-state index in [2.05, 4.69) is 42.4 Å². The first kappa shape index (κ1) is 34.0. The van der Waals surface area contributed by atoms with E-state index in [9.17, 15) is 4.79 Å². The number of likely N-dealkylation sites (N-methyl/N-ethyl adjacent to an activating group) is 1. The molecule has 3 aromatic carbocycles. The second kappa shape index (κ2) is 15.5. The van der Waals surface area contributed by atoms with Crippen molar-refractivity contribution in [2.75, 3.05) is 57.0 Å². The maximum Gasteiger partial charge on any atom is 0.262 e. The Hall–Kier alpha value is -4.91. The van der Waals surface area contributed by atoms with Crippen LogP contribution in [0.1, 0.15) is 32.9 Å². The van der Waals surface area contributed by atoms with Crippen molar-refractivity contribution in [2.24, 2.45) is 0 Å². The molecule has 1 aliphatic heterocycles. The second-order valence-electron chi connectivity index (χ2n) is 12.1. The molecule has 1 fully saturated rings. The third-order valence-corrected chi connectivity index (χ3v) is 9.12. The third kappa shape index (κ3) is 8.77. The monoisotopic (exact) mass is 681 g/mol. The second-order valence-corrected chi connectivity index (χ2v) is 13.2. The Balaban J connectivity index is 1.19. The molecule has 0 unspecified atom stereocenters. The van der Waals surface area contributed by atoms with Crippen LogP contribution in [0.3, 0.4) is 0 Å². The lowest BCUT2D eigenvalue weighted by molar-refractivity contribution is 0.102. The number of hydrogen-bond acceptors (Lipinski definition) is 10. The number of piperazine rings is 1. The fourth-order valence-electron chi connectivity index (χ4n) is 5.55. The Bertz CT molecular complexity index is 1910. The summed E-state index contributed by atoms with van der Waals surface area (Å²) in [7, 11) is 2.13. The van der Waals surface area contributed by atoms with E-state index < -0.39 is 11.7 Å². The Kier molecular flexibility index (Phi) is 10.8. The maximum absolute atomic E-state index is 15.1. The van der Waals surface area contributed by atoms with Gasteiger partial charge in [0.15, 0.2) is 11.6 Å². The standard InChI is InChI=1S/C37H40FN7O3S/c1-24-8-5-9-25(2)34(24)42-35(46)30-22-39-37(43-36(30)48-29-11-6-10-27(20-29)32-23-49-26(3)40-32)41-28-12-13-33(31(38)21-28)47-19-7-14-45-17-15-44(4)16-18-45/h5-6,8-13,20-23H,7,14-19H2,1-4H3,(H,42,46)(H,39,41,43). The number of aromatic nitrogens is 3. The van der Waals surface area contributed by atoms with Gasteiger partial charge in [-0.3, -0.25) is 4.79 Å². The number of thiazole rings is 1. The van der Waals surface area contributed by atoms with Gasteiger partial charge < -0.3 is 29.9 Å². The van der Waals surface area contributed by atoms with E-state index in [1.165, 1.54) is 12.3 Å². The zero-order valence-electron chi connectivity index (χ0n) is 28.1. The van der Waals surface area contributed by atoms with Gasteiger partial charge in [0.05, 0.1) is 17.3 Å². The number of hydrogen-bond donors (Lipinski definition) is 2. The molecule has 5 aromatic rings. The lowest BCUT2D eigenvalue weighted by Gasteiger charge is -2.32. The van der Waals surface area contributed by atoms with Gasteiger partial charge >= 0.3 is 0 Å². The first-order chi connectivity index (χ1) is 23.7. The fraction of sp³-hybridized carbons (Fsp3) is 0.297. The van der Waals surface area contributed by atoms with Crippen LogP contribution in [-0.2, 0) is 0 Å². The van der Waals surface area contributed by atoms with E-state index in [-0.39, 0.29) is 23.1 Å². The number of para-hydroxylation sites is 1. The highest BCUT2D eigenvalue weighted by molar-refractivity contribution is 7.09.